The van der Waals surface area contributed by atoms with Gasteiger partial charge >= 0.3 is 6.09 Å². The van der Waals surface area contributed by atoms with Gasteiger partial charge in [-0.1, -0.05) is 59.6 Å². The van der Waals surface area contributed by atoms with Gasteiger partial charge in [-0.05, 0) is 17.7 Å². The Labute approximate surface area is 165 Å². The highest BCUT2D eigenvalue weighted by molar-refractivity contribution is 7.99. The van der Waals surface area contributed by atoms with Crippen molar-refractivity contribution in [3.05, 3.63) is 64.1 Å². The largest absolute Gasteiger partial charge is 0.445 e. The van der Waals surface area contributed by atoms with Crippen molar-refractivity contribution in [1.82, 2.24) is 4.90 Å². The number of nitrogens with one attached hydrogen (secondary N) is 1. The summed E-state index contributed by atoms with van der Waals surface area (Å²) in [6.45, 7) is 0.162. The van der Waals surface area contributed by atoms with Crippen LogP contribution in [0.4, 0.5) is 10.5 Å². The summed E-state index contributed by atoms with van der Waals surface area (Å²) in [5, 5.41) is 3.35. The maximum atomic E-state index is 12.6. The van der Waals surface area contributed by atoms with Gasteiger partial charge in [0.25, 0.3) is 0 Å². The van der Waals surface area contributed by atoms with Gasteiger partial charge in [-0.25, -0.2) is 4.79 Å². The van der Waals surface area contributed by atoms with Crippen LogP contribution in [0.25, 0.3) is 0 Å². The van der Waals surface area contributed by atoms with Gasteiger partial charge < -0.3 is 10.1 Å². The minimum atomic E-state index is -0.627. The second-order valence-corrected chi connectivity index (χ2v) is 7.40. The molecule has 0 spiro atoms. The van der Waals surface area contributed by atoms with E-state index in [1.807, 2.05) is 30.3 Å². The van der Waals surface area contributed by atoms with E-state index < -0.39 is 12.1 Å². The van der Waals surface area contributed by atoms with E-state index in [-0.39, 0.29) is 17.5 Å². The highest BCUT2D eigenvalue weighted by Gasteiger charge is 2.36. The third-order valence-corrected chi connectivity index (χ3v) is 5.67. The van der Waals surface area contributed by atoms with Gasteiger partial charge in [-0.3, -0.25) is 9.69 Å². The summed E-state index contributed by atoms with van der Waals surface area (Å²) >= 11 is 13.6. The van der Waals surface area contributed by atoms with Crippen LogP contribution < -0.4 is 5.32 Å². The number of carbonyl (C=O) groups excluding carboxylic acids is 2. The normalized spacial score (nSPS) is 16.4. The molecule has 2 aromatic carbocycles. The third-order valence-electron chi connectivity index (χ3n) is 3.83. The molecule has 1 fully saturated rings. The Morgan fingerprint density at radius 1 is 1.15 bits per heavy atom. The van der Waals surface area contributed by atoms with E-state index in [0.717, 1.165) is 5.56 Å². The molecule has 0 aliphatic carbocycles. The standard InChI is InChI=1S/C18H16Cl2N2O3S/c19-13-7-4-8-14(16(13)20)21-17(23)15-10-26-11-22(15)18(24)25-9-12-5-2-1-3-6-12/h1-8,15H,9-11H2,(H,21,23)/t15-/m0/s1. The molecule has 1 aliphatic rings. The molecular weight excluding hydrogens is 395 g/mol. The number of halogens is 2. The minimum Gasteiger partial charge on any atom is -0.445 e. The number of ether oxygens (including phenoxy) is 1. The van der Waals surface area contributed by atoms with E-state index in [9.17, 15) is 9.59 Å². The number of amides is 2. The van der Waals surface area contributed by atoms with Crippen LogP contribution >= 0.6 is 35.0 Å². The molecule has 136 valence electrons. The lowest BCUT2D eigenvalue weighted by molar-refractivity contribution is -0.119. The third kappa shape index (κ3) is 4.44. The van der Waals surface area contributed by atoms with E-state index in [1.165, 1.54) is 16.7 Å². The first kappa shape index (κ1) is 18.9. The SMILES string of the molecule is O=C(Nc1cccc(Cl)c1Cl)[C@@H]1CSCN1C(=O)OCc1ccccc1. The van der Waals surface area contributed by atoms with Gasteiger partial charge in [-0.15, -0.1) is 11.8 Å². The fraction of sp³-hybridized carbons (Fsp3) is 0.222. The van der Waals surface area contributed by atoms with Crippen LogP contribution in [0.1, 0.15) is 5.56 Å². The molecule has 26 heavy (non-hydrogen) atoms. The van der Waals surface area contributed by atoms with Crippen molar-refractivity contribution in [1.29, 1.82) is 0 Å². The zero-order valence-electron chi connectivity index (χ0n) is 13.7. The molecule has 2 amide bonds. The van der Waals surface area contributed by atoms with Gasteiger partial charge in [-0.2, -0.15) is 0 Å². The Bertz CT molecular complexity index is 804. The molecule has 1 saturated heterocycles. The molecule has 2 aromatic rings. The summed E-state index contributed by atoms with van der Waals surface area (Å²) in [6, 6.07) is 13.8. The molecule has 3 rings (SSSR count). The Balaban J connectivity index is 1.62. The molecule has 1 N–H and O–H groups in total. The number of hydrogen-bond acceptors (Lipinski definition) is 4. The fourth-order valence-electron chi connectivity index (χ4n) is 2.46. The molecule has 8 heteroatoms. The van der Waals surface area contributed by atoms with Crippen LogP contribution in [0, 0.1) is 0 Å². The van der Waals surface area contributed by atoms with Crippen LogP contribution in [0.2, 0.25) is 10.0 Å². The van der Waals surface area contributed by atoms with E-state index in [0.29, 0.717) is 22.3 Å². The maximum absolute atomic E-state index is 12.6. The summed E-state index contributed by atoms with van der Waals surface area (Å²) in [6.07, 6.45) is -0.517. The first-order valence-electron chi connectivity index (χ1n) is 7.86. The summed E-state index contributed by atoms with van der Waals surface area (Å²) in [7, 11) is 0. The highest BCUT2D eigenvalue weighted by atomic mass is 35.5. The zero-order chi connectivity index (χ0) is 18.5. The zero-order valence-corrected chi connectivity index (χ0v) is 16.0. The van der Waals surface area contributed by atoms with Crippen LogP contribution in [-0.4, -0.2) is 34.6 Å². The number of benzene rings is 2. The Hall–Kier alpha value is -1.89. The van der Waals surface area contributed by atoms with Gasteiger partial charge in [0.05, 0.1) is 21.6 Å². The van der Waals surface area contributed by atoms with E-state index in [2.05, 4.69) is 5.32 Å². The fourth-order valence-corrected chi connectivity index (χ4v) is 3.95. The number of carbonyl (C=O) groups is 2. The molecule has 0 bridgehead atoms. The average molecular weight is 411 g/mol. The molecule has 1 aliphatic heterocycles. The second kappa shape index (κ2) is 8.66. The molecule has 0 aromatic heterocycles. The molecule has 5 nitrogen and oxygen atoms in total. The average Bonchev–Trinajstić information content (AvgIpc) is 3.14. The molecule has 0 radical (unpaired) electrons. The summed E-state index contributed by atoms with van der Waals surface area (Å²) in [5.74, 6) is 0.565. The topological polar surface area (TPSA) is 58.6 Å². The Kier molecular flexibility index (Phi) is 6.29. The van der Waals surface area contributed by atoms with E-state index in [4.69, 9.17) is 27.9 Å². The quantitative estimate of drug-likeness (QED) is 0.796. The smallest absolute Gasteiger partial charge is 0.411 e. The Morgan fingerprint density at radius 3 is 2.69 bits per heavy atom. The first-order chi connectivity index (χ1) is 12.6. The van der Waals surface area contributed by atoms with Crippen molar-refractivity contribution in [2.75, 3.05) is 16.9 Å². The van der Waals surface area contributed by atoms with Crippen molar-refractivity contribution in [3.8, 4) is 0 Å². The van der Waals surface area contributed by atoms with Crippen molar-refractivity contribution in [2.45, 2.75) is 12.6 Å². The van der Waals surface area contributed by atoms with Crippen LogP contribution in [0.5, 0.6) is 0 Å². The van der Waals surface area contributed by atoms with E-state index >= 15 is 0 Å². The predicted molar refractivity (Wildman–Crippen MR) is 105 cm³/mol. The van der Waals surface area contributed by atoms with Crippen molar-refractivity contribution in [3.63, 3.8) is 0 Å². The van der Waals surface area contributed by atoms with E-state index in [1.54, 1.807) is 18.2 Å². The maximum Gasteiger partial charge on any atom is 0.411 e. The lowest BCUT2D eigenvalue weighted by Crippen LogP contribution is -2.44. The molecule has 0 unspecified atom stereocenters. The van der Waals surface area contributed by atoms with Gasteiger partial charge in [0.1, 0.15) is 12.6 Å². The van der Waals surface area contributed by atoms with Crippen LogP contribution in [-0.2, 0) is 16.1 Å². The van der Waals surface area contributed by atoms with Crippen LogP contribution in [0.15, 0.2) is 48.5 Å². The predicted octanol–water partition coefficient (Wildman–Crippen LogP) is 4.64. The number of thioether (sulfide) groups is 1. The lowest BCUT2D eigenvalue weighted by Gasteiger charge is -2.22. The molecule has 0 saturated carbocycles. The summed E-state index contributed by atoms with van der Waals surface area (Å²) in [5.41, 5.74) is 1.30. The monoisotopic (exact) mass is 410 g/mol. The number of nitrogens with zero attached hydrogens (tertiary/aromatic N) is 1. The molecule has 1 atom stereocenters. The van der Waals surface area contributed by atoms with Crippen molar-refractivity contribution < 1.29 is 14.3 Å². The summed E-state index contributed by atoms with van der Waals surface area (Å²) < 4.78 is 5.33. The van der Waals surface area contributed by atoms with Gasteiger partial charge in [0.15, 0.2) is 0 Å². The van der Waals surface area contributed by atoms with Gasteiger partial charge in [0, 0.05) is 5.75 Å². The first-order valence-corrected chi connectivity index (χ1v) is 9.77. The number of hydrogen-bond donors (Lipinski definition) is 1. The van der Waals surface area contributed by atoms with Crippen LogP contribution in [0.3, 0.4) is 0 Å². The molecule has 1 heterocycles. The Morgan fingerprint density at radius 2 is 1.92 bits per heavy atom. The van der Waals surface area contributed by atoms with Gasteiger partial charge in [0.2, 0.25) is 5.91 Å². The second-order valence-electron chi connectivity index (χ2n) is 5.62. The van der Waals surface area contributed by atoms with Crippen molar-refractivity contribution >= 4 is 52.7 Å². The number of rotatable bonds is 4. The van der Waals surface area contributed by atoms with Crippen molar-refractivity contribution in [2.24, 2.45) is 0 Å². The molecular formula is C18H16Cl2N2O3S. The number of anilines is 1. The minimum absolute atomic E-state index is 0.162. The highest BCUT2D eigenvalue weighted by Crippen LogP contribution is 2.30. The lowest BCUT2D eigenvalue weighted by atomic mass is 10.2. The summed E-state index contributed by atoms with van der Waals surface area (Å²) in [4.78, 5) is 26.4.